The molecule has 0 unspecified atom stereocenters. The number of thiocarbonyl (C=S) groups is 1. The quantitative estimate of drug-likeness (QED) is 0.616. The molecule has 20 heavy (non-hydrogen) atoms. The van der Waals surface area contributed by atoms with Crippen molar-refractivity contribution >= 4 is 28.0 Å². The first-order valence-electron chi connectivity index (χ1n) is 6.50. The highest BCUT2D eigenvalue weighted by molar-refractivity contribution is 7.80. The van der Waals surface area contributed by atoms with Gasteiger partial charge in [-0.05, 0) is 42.0 Å². The Morgan fingerprint density at radius 2 is 1.55 bits per heavy atom. The molecule has 0 spiro atoms. The molecule has 0 saturated carbocycles. The smallest absolute Gasteiger partial charge is 0.198 e. The normalized spacial score (nSPS) is 10.4. The molecule has 0 amide bonds. The van der Waals surface area contributed by atoms with Gasteiger partial charge in [0.2, 0.25) is 0 Å². The second-order valence-electron chi connectivity index (χ2n) is 4.76. The SMILES string of the molecule is Cc1ccc(C(=S)Oc2ccc3ccccc3c2)cc1. The van der Waals surface area contributed by atoms with Gasteiger partial charge in [0.05, 0.1) is 0 Å². The largest absolute Gasteiger partial charge is 0.445 e. The first-order chi connectivity index (χ1) is 9.72. The molecule has 0 bridgehead atoms. The Morgan fingerprint density at radius 1 is 0.850 bits per heavy atom. The molecule has 0 saturated heterocycles. The fourth-order valence-electron chi connectivity index (χ4n) is 2.09. The average molecular weight is 278 g/mol. The Kier molecular flexibility index (Phi) is 3.48. The summed E-state index contributed by atoms with van der Waals surface area (Å²) in [5, 5.41) is 2.85. The molecular formula is C18H14OS. The van der Waals surface area contributed by atoms with Crippen LogP contribution in [0.1, 0.15) is 11.1 Å². The lowest BCUT2D eigenvalue weighted by molar-refractivity contribution is 0.567. The maximum absolute atomic E-state index is 5.78. The average Bonchev–Trinajstić information content (AvgIpc) is 2.48. The van der Waals surface area contributed by atoms with Crippen LogP contribution in [0.5, 0.6) is 5.75 Å². The third kappa shape index (κ3) is 2.70. The molecule has 3 aromatic rings. The summed E-state index contributed by atoms with van der Waals surface area (Å²) < 4.78 is 5.78. The number of aryl methyl sites for hydroxylation is 1. The molecular weight excluding hydrogens is 264 g/mol. The molecule has 3 rings (SSSR count). The van der Waals surface area contributed by atoms with Crippen molar-refractivity contribution in [2.45, 2.75) is 6.92 Å². The Bertz CT molecular complexity index is 760. The van der Waals surface area contributed by atoms with Crippen LogP contribution in [0.25, 0.3) is 10.8 Å². The van der Waals surface area contributed by atoms with E-state index in [0.717, 1.165) is 16.7 Å². The van der Waals surface area contributed by atoms with Gasteiger partial charge in [-0.25, -0.2) is 0 Å². The molecule has 0 aromatic heterocycles. The van der Waals surface area contributed by atoms with Crippen LogP contribution in [0.15, 0.2) is 66.7 Å². The first-order valence-corrected chi connectivity index (χ1v) is 6.91. The van der Waals surface area contributed by atoms with Crippen molar-refractivity contribution in [3.05, 3.63) is 77.9 Å². The van der Waals surface area contributed by atoms with E-state index < -0.39 is 0 Å². The maximum atomic E-state index is 5.78. The van der Waals surface area contributed by atoms with Gasteiger partial charge >= 0.3 is 0 Å². The molecule has 2 heteroatoms. The highest BCUT2D eigenvalue weighted by Gasteiger charge is 2.04. The lowest BCUT2D eigenvalue weighted by atomic mass is 10.1. The van der Waals surface area contributed by atoms with Gasteiger partial charge in [-0.15, -0.1) is 0 Å². The van der Waals surface area contributed by atoms with Crippen molar-refractivity contribution in [3.8, 4) is 5.75 Å². The summed E-state index contributed by atoms with van der Waals surface area (Å²) >= 11 is 5.35. The zero-order chi connectivity index (χ0) is 13.9. The zero-order valence-electron chi connectivity index (χ0n) is 11.2. The molecule has 0 aliphatic carbocycles. The van der Waals surface area contributed by atoms with Crippen LogP contribution in [0.4, 0.5) is 0 Å². The van der Waals surface area contributed by atoms with Crippen molar-refractivity contribution in [2.24, 2.45) is 0 Å². The summed E-state index contributed by atoms with van der Waals surface area (Å²) in [6.07, 6.45) is 0. The maximum Gasteiger partial charge on any atom is 0.198 e. The number of ether oxygens (including phenoxy) is 1. The number of rotatable bonds is 2. The third-order valence-corrected chi connectivity index (χ3v) is 3.54. The van der Waals surface area contributed by atoms with Crippen molar-refractivity contribution in [3.63, 3.8) is 0 Å². The van der Waals surface area contributed by atoms with Gasteiger partial charge in [-0.3, -0.25) is 0 Å². The fourth-order valence-corrected chi connectivity index (χ4v) is 2.32. The van der Waals surface area contributed by atoms with Gasteiger partial charge < -0.3 is 4.74 Å². The van der Waals surface area contributed by atoms with Gasteiger partial charge in [-0.1, -0.05) is 60.2 Å². The van der Waals surface area contributed by atoms with Crippen LogP contribution in [-0.2, 0) is 0 Å². The van der Waals surface area contributed by atoms with Crippen molar-refractivity contribution in [2.75, 3.05) is 0 Å². The Hall–Kier alpha value is -2.19. The number of benzene rings is 3. The minimum Gasteiger partial charge on any atom is -0.445 e. The summed E-state index contributed by atoms with van der Waals surface area (Å²) in [5.41, 5.74) is 2.14. The van der Waals surface area contributed by atoms with Crippen LogP contribution in [0.3, 0.4) is 0 Å². The lowest BCUT2D eigenvalue weighted by Gasteiger charge is -2.08. The fraction of sp³-hybridized carbons (Fsp3) is 0.0556. The Balaban J connectivity index is 1.85. The topological polar surface area (TPSA) is 9.23 Å². The second-order valence-corrected chi connectivity index (χ2v) is 5.14. The van der Waals surface area contributed by atoms with Crippen LogP contribution < -0.4 is 4.74 Å². The van der Waals surface area contributed by atoms with Gasteiger partial charge in [0.1, 0.15) is 5.75 Å². The monoisotopic (exact) mass is 278 g/mol. The van der Waals surface area contributed by atoms with E-state index in [-0.39, 0.29) is 0 Å². The van der Waals surface area contributed by atoms with E-state index in [0.29, 0.717) is 5.05 Å². The van der Waals surface area contributed by atoms with E-state index in [4.69, 9.17) is 17.0 Å². The summed E-state index contributed by atoms with van der Waals surface area (Å²) in [7, 11) is 0. The number of hydrogen-bond donors (Lipinski definition) is 0. The second kappa shape index (κ2) is 5.43. The van der Waals surface area contributed by atoms with Gasteiger partial charge in [0.15, 0.2) is 5.05 Å². The summed E-state index contributed by atoms with van der Waals surface area (Å²) in [6, 6.07) is 22.2. The lowest BCUT2D eigenvalue weighted by Crippen LogP contribution is -2.06. The summed E-state index contributed by atoms with van der Waals surface area (Å²) in [6.45, 7) is 2.05. The van der Waals surface area contributed by atoms with E-state index in [2.05, 4.69) is 19.1 Å². The molecule has 0 heterocycles. The number of hydrogen-bond acceptors (Lipinski definition) is 2. The van der Waals surface area contributed by atoms with Crippen molar-refractivity contribution < 1.29 is 4.74 Å². The molecule has 0 fully saturated rings. The minimum atomic E-state index is 0.500. The van der Waals surface area contributed by atoms with Gasteiger partial charge in [-0.2, -0.15) is 0 Å². The minimum absolute atomic E-state index is 0.500. The van der Waals surface area contributed by atoms with Crippen molar-refractivity contribution in [1.82, 2.24) is 0 Å². The summed E-state index contributed by atoms with van der Waals surface area (Å²) in [4.78, 5) is 0. The van der Waals surface area contributed by atoms with Gasteiger partial charge in [0.25, 0.3) is 0 Å². The highest BCUT2D eigenvalue weighted by atomic mass is 32.1. The molecule has 0 aliphatic heterocycles. The van der Waals surface area contributed by atoms with Crippen LogP contribution in [0, 0.1) is 6.92 Å². The molecule has 3 aromatic carbocycles. The van der Waals surface area contributed by atoms with Crippen LogP contribution in [0.2, 0.25) is 0 Å². The van der Waals surface area contributed by atoms with Crippen LogP contribution >= 0.6 is 12.2 Å². The predicted molar refractivity (Wildman–Crippen MR) is 87.5 cm³/mol. The van der Waals surface area contributed by atoms with E-state index in [1.54, 1.807) is 0 Å². The molecule has 1 nitrogen and oxygen atoms in total. The first kappa shape index (κ1) is 12.8. The van der Waals surface area contributed by atoms with Crippen LogP contribution in [-0.4, -0.2) is 5.05 Å². The molecule has 0 N–H and O–H groups in total. The molecule has 0 radical (unpaired) electrons. The zero-order valence-corrected chi connectivity index (χ0v) is 12.0. The van der Waals surface area contributed by atoms with E-state index >= 15 is 0 Å². The molecule has 98 valence electrons. The van der Waals surface area contributed by atoms with Crippen molar-refractivity contribution in [1.29, 1.82) is 0 Å². The number of fused-ring (bicyclic) bond motifs is 1. The third-order valence-electron chi connectivity index (χ3n) is 3.22. The molecule has 0 aliphatic rings. The summed E-state index contributed by atoms with van der Waals surface area (Å²) in [5.74, 6) is 0.772. The standard InChI is InChI=1S/C18H14OS/c1-13-6-8-15(9-7-13)18(20)19-17-11-10-14-4-2-3-5-16(14)12-17/h2-12H,1H3. The van der Waals surface area contributed by atoms with E-state index in [1.165, 1.54) is 10.9 Å². The van der Waals surface area contributed by atoms with Gasteiger partial charge in [0, 0.05) is 5.56 Å². The highest BCUT2D eigenvalue weighted by Crippen LogP contribution is 2.21. The predicted octanol–water partition coefficient (Wildman–Crippen LogP) is 4.90. The van der Waals surface area contributed by atoms with E-state index in [9.17, 15) is 0 Å². The molecule has 0 atom stereocenters. The Labute approximate surface area is 123 Å². The Morgan fingerprint density at radius 3 is 2.30 bits per heavy atom. The van der Waals surface area contributed by atoms with E-state index in [1.807, 2.05) is 54.6 Å².